The van der Waals surface area contributed by atoms with Crippen molar-refractivity contribution in [3.63, 3.8) is 0 Å². The molecule has 2 N–H and O–H groups in total. The Hall–Kier alpha value is -4.97. The van der Waals surface area contributed by atoms with Gasteiger partial charge in [-0.25, -0.2) is 15.0 Å². The molecule has 0 saturated carbocycles. The van der Waals surface area contributed by atoms with E-state index in [-0.39, 0.29) is 11.5 Å². The summed E-state index contributed by atoms with van der Waals surface area (Å²) in [6.45, 7) is 20.8. The van der Waals surface area contributed by atoms with Crippen molar-refractivity contribution < 1.29 is 10.2 Å². The molecule has 0 amide bonds. The molecule has 0 spiro atoms. The number of phenolic OH excluding ortho intramolecular Hbond substituents is 2. The summed E-state index contributed by atoms with van der Waals surface area (Å²) in [4.78, 5) is 15.6. The van der Waals surface area contributed by atoms with E-state index < -0.39 is 0 Å². The molecule has 2 heterocycles. The van der Waals surface area contributed by atoms with Gasteiger partial charge in [-0.3, -0.25) is 0 Å². The highest BCUT2D eigenvalue weighted by Crippen LogP contribution is 2.40. The van der Waals surface area contributed by atoms with Crippen LogP contribution < -0.4 is 0 Å². The van der Waals surface area contributed by atoms with Crippen LogP contribution in [0.1, 0.15) is 166 Å². The van der Waals surface area contributed by atoms with Gasteiger partial charge in [0.1, 0.15) is 11.5 Å². The van der Waals surface area contributed by atoms with Gasteiger partial charge in [-0.05, 0) is 133 Å². The number of hydrogen-bond donors (Lipinski definition) is 2. The van der Waals surface area contributed by atoms with Crippen LogP contribution in [0.4, 0.5) is 0 Å². The van der Waals surface area contributed by atoms with Crippen molar-refractivity contribution in [3.8, 4) is 56.8 Å². The quantitative estimate of drug-likeness (QED) is 0.0598. The third-order valence-corrected chi connectivity index (χ3v) is 14.7. The van der Waals surface area contributed by atoms with Crippen LogP contribution in [0.2, 0.25) is 0 Å². The highest BCUT2D eigenvalue weighted by atomic mass is 16.3. The van der Waals surface area contributed by atoms with Gasteiger partial charge in [0.15, 0.2) is 17.5 Å². The Kier molecular flexibility index (Phi) is 18.3. The number of aryl methyl sites for hydroxylation is 3. The average molecular weight is 877 g/mol. The van der Waals surface area contributed by atoms with E-state index in [1.807, 2.05) is 26.0 Å². The van der Waals surface area contributed by atoms with E-state index in [9.17, 15) is 10.2 Å². The summed E-state index contributed by atoms with van der Waals surface area (Å²) < 4.78 is 2.41. The van der Waals surface area contributed by atoms with Crippen LogP contribution in [0, 0.1) is 31.6 Å². The van der Waals surface area contributed by atoms with Crippen molar-refractivity contribution in [1.82, 2.24) is 19.5 Å². The molecule has 0 bridgehead atoms. The average Bonchev–Trinajstić information content (AvgIpc) is 3.70. The van der Waals surface area contributed by atoms with Crippen molar-refractivity contribution in [2.45, 2.75) is 178 Å². The maximum absolute atomic E-state index is 12.1. The second-order valence-electron chi connectivity index (χ2n) is 19.1. The molecule has 348 valence electrons. The first-order valence-corrected chi connectivity index (χ1v) is 25.7. The molecule has 0 aliphatic rings. The summed E-state index contributed by atoms with van der Waals surface area (Å²) in [6.07, 6.45) is 21.8. The van der Waals surface area contributed by atoms with Crippen molar-refractivity contribution in [2.75, 3.05) is 0 Å². The van der Waals surface area contributed by atoms with Crippen LogP contribution in [-0.4, -0.2) is 29.7 Å². The van der Waals surface area contributed by atoms with Crippen molar-refractivity contribution >= 4 is 10.9 Å². The van der Waals surface area contributed by atoms with Gasteiger partial charge in [0.05, 0.1) is 11.1 Å². The van der Waals surface area contributed by atoms with Gasteiger partial charge in [0.2, 0.25) is 0 Å². The Bertz CT molecular complexity index is 2350. The lowest BCUT2D eigenvalue weighted by Crippen LogP contribution is -2.09. The molecule has 65 heavy (non-hydrogen) atoms. The summed E-state index contributed by atoms with van der Waals surface area (Å²) in [7, 11) is 0. The fourth-order valence-corrected chi connectivity index (χ4v) is 9.87. The number of aromatic hydroxyl groups is 2. The maximum Gasteiger partial charge on any atom is 0.167 e. The van der Waals surface area contributed by atoms with E-state index in [0.717, 1.165) is 89.4 Å². The summed E-state index contributed by atoms with van der Waals surface area (Å²) in [5.41, 5.74) is 10.9. The topological polar surface area (TPSA) is 84.1 Å². The normalized spacial score (nSPS) is 13.1. The highest BCUT2D eigenvalue weighted by molar-refractivity contribution is 5.97. The largest absolute Gasteiger partial charge is 0.507 e. The Balaban J connectivity index is 1.51. The van der Waals surface area contributed by atoms with E-state index in [2.05, 4.69) is 114 Å². The Morgan fingerprint density at radius 2 is 0.969 bits per heavy atom. The molecule has 6 aromatic rings. The molecular weight excluding hydrogens is 797 g/mol. The number of rotatable bonds is 25. The van der Waals surface area contributed by atoms with Gasteiger partial charge in [0, 0.05) is 29.2 Å². The molecular formula is C59H80N4O2. The molecule has 6 nitrogen and oxygen atoms in total. The number of hydrogen-bond acceptors (Lipinski definition) is 5. The number of phenols is 2. The van der Waals surface area contributed by atoms with Crippen molar-refractivity contribution in [1.29, 1.82) is 0 Å². The minimum Gasteiger partial charge on any atom is -0.507 e. The summed E-state index contributed by atoms with van der Waals surface area (Å²) in [5.74, 6) is 3.64. The van der Waals surface area contributed by atoms with Gasteiger partial charge in [0.25, 0.3) is 0 Å². The zero-order valence-corrected chi connectivity index (χ0v) is 41.6. The Morgan fingerprint density at radius 3 is 1.43 bits per heavy atom. The molecule has 2 aromatic heterocycles. The van der Waals surface area contributed by atoms with Crippen LogP contribution >= 0.6 is 0 Å². The fourth-order valence-electron chi connectivity index (χ4n) is 9.87. The monoisotopic (exact) mass is 877 g/mol. The number of unbranched alkanes of at least 4 members (excludes halogenated alkanes) is 3. The Labute approximate surface area is 392 Å². The number of nitrogens with zero attached hydrogens (tertiary/aromatic N) is 4. The highest BCUT2D eigenvalue weighted by Gasteiger charge is 2.23. The molecule has 3 unspecified atom stereocenters. The van der Waals surface area contributed by atoms with Gasteiger partial charge in [-0.2, -0.15) is 0 Å². The maximum atomic E-state index is 12.1. The molecule has 0 aliphatic carbocycles. The number of benzene rings is 4. The summed E-state index contributed by atoms with van der Waals surface area (Å²) in [5, 5.41) is 25.2. The standard InChI is InChI=1S/C59H80N4O2/c1-10-17-20-42(13-4)23-27-46-31-34-50(55(64)40(46)8)57-60-58(51-35-32-47(41(9)56(51)65)28-24-43(14-5)21-18-11-2)62-59(61-57)53-39-63(38-45(16-7)22-19-12-3)54-36-33-49(37-52(53)54)48-29-25-44(15-6)26-30-48/h25-26,29-37,39,42-43,45,64-65H,10-24,27-28,38H2,1-9H3. The van der Waals surface area contributed by atoms with E-state index in [0.29, 0.717) is 46.4 Å². The predicted molar refractivity (Wildman–Crippen MR) is 276 cm³/mol. The van der Waals surface area contributed by atoms with Crippen molar-refractivity contribution in [3.05, 3.63) is 101 Å². The number of fused-ring (bicyclic) bond motifs is 1. The van der Waals surface area contributed by atoms with Gasteiger partial charge >= 0.3 is 0 Å². The first-order valence-electron chi connectivity index (χ1n) is 25.7. The van der Waals surface area contributed by atoms with Crippen LogP contribution in [0.25, 0.3) is 56.2 Å². The minimum atomic E-state index is 0.207. The molecule has 6 rings (SSSR count). The van der Waals surface area contributed by atoms with E-state index in [4.69, 9.17) is 15.0 Å². The third-order valence-electron chi connectivity index (χ3n) is 14.7. The first kappa shape index (κ1) is 49.5. The van der Waals surface area contributed by atoms with Gasteiger partial charge in [-0.15, -0.1) is 0 Å². The lowest BCUT2D eigenvalue weighted by atomic mass is 9.90. The second-order valence-corrected chi connectivity index (χ2v) is 19.1. The van der Waals surface area contributed by atoms with Crippen LogP contribution in [0.15, 0.2) is 72.9 Å². The van der Waals surface area contributed by atoms with E-state index >= 15 is 0 Å². The summed E-state index contributed by atoms with van der Waals surface area (Å²) in [6, 6.07) is 24.0. The van der Waals surface area contributed by atoms with Gasteiger partial charge in [-0.1, -0.05) is 162 Å². The molecule has 0 radical (unpaired) electrons. The second kappa shape index (κ2) is 24.0. The number of aromatic nitrogens is 4. The smallest absolute Gasteiger partial charge is 0.167 e. The van der Waals surface area contributed by atoms with Gasteiger partial charge < -0.3 is 14.8 Å². The van der Waals surface area contributed by atoms with Crippen LogP contribution in [-0.2, 0) is 25.8 Å². The molecule has 4 aromatic carbocycles. The Morgan fingerprint density at radius 1 is 0.508 bits per heavy atom. The fraction of sp³-hybridized carbons (Fsp3) is 0.508. The zero-order chi connectivity index (χ0) is 46.5. The SMILES string of the molecule is CCCCC(CC)CCc1ccc(-c2nc(-c3ccc(CCC(CC)CCCC)c(C)c3O)nc(-c3cn(CC(CC)CCCC)c4ccc(-c5ccc(CC)cc5)cc34)n2)c(O)c1C. The van der Waals surface area contributed by atoms with E-state index in [1.165, 1.54) is 81.8 Å². The lowest BCUT2D eigenvalue weighted by molar-refractivity contribution is 0.396. The molecule has 3 atom stereocenters. The van der Waals surface area contributed by atoms with Crippen LogP contribution in [0.3, 0.4) is 0 Å². The van der Waals surface area contributed by atoms with Crippen LogP contribution in [0.5, 0.6) is 11.5 Å². The molecule has 6 heteroatoms. The van der Waals surface area contributed by atoms with Crippen molar-refractivity contribution in [2.24, 2.45) is 17.8 Å². The molecule has 0 fully saturated rings. The van der Waals surface area contributed by atoms with E-state index in [1.54, 1.807) is 0 Å². The minimum absolute atomic E-state index is 0.207. The lowest BCUT2D eigenvalue weighted by Gasteiger charge is -2.17. The molecule has 0 aliphatic heterocycles. The summed E-state index contributed by atoms with van der Waals surface area (Å²) >= 11 is 0. The third kappa shape index (κ3) is 12.1. The molecule has 0 saturated heterocycles. The zero-order valence-electron chi connectivity index (χ0n) is 41.6. The first-order chi connectivity index (χ1) is 31.6. The predicted octanol–water partition coefficient (Wildman–Crippen LogP) is 16.6.